The lowest BCUT2D eigenvalue weighted by Crippen LogP contribution is -2.61. The van der Waals surface area contributed by atoms with E-state index in [0.29, 0.717) is 19.6 Å². The Balaban J connectivity index is 2.33. The van der Waals surface area contributed by atoms with Crippen LogP contribution in [0.1, 0.15) is 27.7 Å². The maximum absolute atomic E-state index is 11.6. The Morgan fingerprint density at radius 2 is 1.92 bits per heavy atom. The maximum Gasteiger partial charge on any atom is 0.152 e. The summed E-state index contributed by atoms with van der Waals surface area (Å²) in [5, 5.41) is 9.45. The Morgan fingerprint density at radius 3 is 2.23 bits per heavy atom. The van der Waals surface area contributed by atoms with Gasteiger partial charge in [-0.15, -0.1) is 0 Å². The highest BCUT2D eigenvalue weighted by Gasteiger charge is 2.38. The lowest BCUT2D eigenvalue weighted by molar-refractivity contribution is -0.135. The zero-order valence-electron chi connectivity index (χ0n) is 8.92. The van der Waals surface area contributed by atoms with E-state index in [4.69, 9.17) is 0 Å². The molecule has 0 radical (unpaired) electrons. The summed E-state index contributed by atoms with van der Waals surface area (Å²) in [5.74, 6) is 0.239. The van der Waals surface area contributed by atoms with E-state index in [9.17, 15) is 9.90 Å². The third-order valence-electron chi connectivity index (χ3n) is 2.33. The van der Waals surface area contributed by atoms with E-state index in [1.54, 1.807) is 6.92 Å². The lowest BCUT2D eigenvalue weighted by atomic mass is 9.88. The number of hydrogen-bond donors (Lipinski definition) is 1. The van der Waals surface area contributed by atoms with Gasteiger partial charge in [0.05, 0.1) is 12.1 Å². The van der Waals surface area contributed by atoms with Gasteiger partial charge in [-0.2, -0.15) is 0 Å². The fraction of sp³-hybridized carbons (Fsp3) is 0.900. The molecule has 0 aromatic rings. The summed E-state index contributed by atoms with van der Waals surface area (Å²) in [5.41, 5.74) is -0.834. The van der Waals surface area contributed by atoms with E-state index in [1.165, 1.54) is 0 Å². The molecule has 76 valence electrons. The van der Waals surface area contributed by atoms with Crippen molar-refractivity contribution in [3.8, 4) is 0 Å². The highest BCUT2D eigenvalue weighted by atomic mass is 16.3. The second kappa shape index (κ2) is 3.07. The number of Topliss-reactive ketones (excluding diaryl/α,β-unsaturated/α-hetero) is 1. The normalized spacial score (nSPS) is 22.5. The predicted octanol–water partition coefficient (Wildman–Crippen LogP) is 0.668. The average Bonchev–Trinajstić information content (AvgIpc) is 1.80. The molecule has 1 saturated heterocycles. The smallest absolute Gasteiger partial charge is 0.152 e. The van der Waals surface area contributed by atoms with Gasteiger partial charge in [0.25, 0.3) is 0 Å². The molecule has 3 nitrogen and oxygen atoms in total. The number of β-amino-alcohol motifs (C(OH)–C–C–N with tert-alkyl or cyclic N) is 1. The fourth-order valence-electron chi connectivity index (χ4n) is 1.47. The molecule has 0 amide bonds. The van der Waals surface area contributed by atoms with Crippen LogP contribution < -0.4 is 0 Å². The quantitative estimate of drug-likeness (QED) is 0.687. The van der Waals surface area contributed by atoms with Crippen LogP contribution in [0.2, 0.25) is 0 Å². The van der Waals surface area contributed by atoms with Gasteiger partial charge in [0.1, 0.15) is 0 Å². The number of carbonyl (C=O) groups is 1. The van der Waals surface area contributed by atoms with Crippen molar-refractivity contribution in [1.82, 2.24) is 4.90 Å². The number of hydrogen-bond acceptors (Lipinski definition) is 3. The van der Waals surface area contributed by atoms with Crippen LogP contribution >= 0.6 is 0 Å². The third kappa shape index (κ3) is 2.78. The van der Waals surface area contributed by atoms with Gasteiger partial charge in [-0.05, 0) is 6.92 Å². The molecule has 0 spiro atoms. The summed E-state index contributed by atoms with van der Waals surface area (Å²) in [6.45, 7) is 9.28. The van der Waals surface area contributed by atoms with Crippen molar-refractivity contribution in [3.63, 3.8) is 0 Å². The molecule has 1 aliphatic heterocycles. The zero-order chi connectivity index (χ0) is 10.3. The van der Waals surface area contributed by atoms with Crippen molar-refractivity contribution in [1.29, 1.82) is 0 Å². The Hall–Kier alpha value is -0.410. The van der Waals surface area contributed by atoms with Gasteiger partial charge in [0, 0.05) is 18.5 Å². The van der Waals surface area contributed by atoms with E-state index in [0.717, 1.165) is 0 Å². The lowest BCUT2D eigenvalue weighted by Gasteiger charge is -2.44. The van der Waals surface area contributed by atoms with Gasteiger partial charge in [-0.25, -0.2) is 0 Å². The van der Waals surface area contributed by atoms with Crippen molar-refractivity contribution in [3.05, 3.63) is 0 Å². The molecule has 13 heavy (non-hydrogen) atoms. The van der Waals surface area contributed by atoms with Gasteiger partial charge >= 0.3 is 0 Å². The molecule has 0 atom stereocenters. The number of carbonyl (C=O) groups excluding carboxylic acids is 1. The number of aliphatic hydroxyl groups is 1. The van der Waals surface area contributed by atoms with Crippen molar-refractivity contribution in [2.24, 2.45) is 5.41 Å². The van der Waals surface area contributed by atoms with Crippen LogP contribution in [0.15, 0.2) is 0 Å². The largest absolute Gasteiger partial charge is 0.388 e. The first-order chi connectivity index (χ1) is 5.71. The monoisotopic (exact) mass is 185 g/mol. The van der Waals surface area contributed by atoms with E-state index >= 15 is 0 Å². The van der Waals surface area contributed by atoms with Gasteiger partial charge < -0.3 is 5.11 Å². The van der Waals surface area contributed by atoms with Crippen molar-refractivity contribution >= 4 is 5.78 Å². The van der Waals surface area contributed by atoms with Crippen molar-refractivity contribution in [2.75, 3.05) is 19.6 Å². The molecule has 3 heteroatoms. The molecule has 0 saturated carbocycles. The molecule has 1 rings (SSSR count). The first-order valence-electron chi connectivity index (χ1n) is 4.69. The van der Waals surface area contributed by atoms with Gasteiger partial charge in [-0.3, -0.25) is 9.69 Å². The van der Waals surface area contributed by atoms with Crippen LogP contribution in [-0.4, -0.2) is 41.0 Å². The van der Waals surface area contributed by atoms with Gasteiger partial charge in [-0.1, -0.05) is 20.8 Å². The second-order valence-electron chi connectivity index (χ2n) is 5.32. The number of ketones is 1. The van der Waals surface area contributed by atoms with Gasteiger partial charge in [0.2, 0.25) is 0 Å². The minimum absolute atomic E-state index is 0.239. The fourth-order valence-corrected chi connectivity index (χ4v) is 1.47. The van der Waals surface area contributed by atoms with Crippen LogP contribution in [0.5, 0.6) is 0 Å². The molecule has 0 bridgehead atoms. The standard InChI is InChI=1S/C10H19NO2/c1-9(2,3)8(12)5-11-6-10(4,13)7-11/h13H,5-7H2,1-4H3. The Bertz CT molecular complexity index is 207. The van der Waals surface area contributed by atoms with E-state index < -0.39 is 5.60 Å². The number of likely N-dealkylation sites (tertiary alicyclic amines) is 1. The van der Waals surface area contributed by atoms with Crippen LogP contribution in [0.4, 0.5) is 0 Å². The Morgan fingerprint density at radius 1 is 1.46 bits per heavy atom. The molecular formula is C10H19NO2. The van der Waals surface area contributed by atoms with E-state index in [2.05, 4.69) is 0 Å². The molecule has 0 aromatic carbocycles. The summed E-state index contributed by atoms with van der Waals surface area (Å²) < 4.78 is 0. The summed E-state index contributed by atoms with van der Waals surface area (Å²) in [7, 11) is 0. The molecule has 0 unspecified atom stereocenters. The maximum atomic E-state index is 11.6. The van der Waals surface area contributed by atoms with Crippen LogP contribution in [-0.2, 0) is 4.79 Å². The van der Waals surface area contributed by atoms with Crippen LogP contribution in [0.3, 0.4) is 0 Å². The molecule has 1 fully saturated rings. The summed E-state index contributed by atoms with van der Waals surface area (Å²) in [4.78, 5) is 13.5. The minimum atomic E-state index is -0.571. The molecule has 1 aliphatic rings. The first kappa shape index (κ1) is 10.7. The predicted molar refractivity (Wildman–Crippen MR) is 51.5 cm³/mol. The highest BCUT2D eigenvalue weighted by molar-refractivity contribution is 5.85. The topological polar surface area (TPSA) is 40.5 Å². The molecule has 0 aromatic heterocycles. The van der Waals surface area contributed by atoms with Crippen LogP contribution in [0.25, 0.3) is 0 Å². The molecular weight excluding hydrogens is 166 g/mol. The summed E-state index contributed by atoms with van der Waals surface area (Å²) in [6, 6.07) is 0. The minimum Gasteiger partial charge on any atom is -0.388 e. The van der Waals surface area contributed by atoms with E-state index in [1.807, 2.05) is 25.7 Å². The third-order valence-corrected chi connectivity index (χ3v) is 2.33. The molecule has 1 N–H and O–H groups in total. The molecule has 1 heterocycles. The number of nitrogens with zero attached hydrogens (tertiary/aromatic N) is 1. The summed E-state index contributed by atoms with van der Waals surface area (Å²) in [6.07, 6.45) is 0. The first-order valence-corrected chi connectivity index (χ1v) is 4.69. The van der Waals surface area contributed by atoms with E-state index in [-0.39, 0.29) is 11.2 Å². The average molecular weight is 185 g/mol. The zero-order valence-corrected chi connectivity index (χ0v) is 8.92. The van der Waals surface area contributed by atoms with Crippen molar-refractivity contribution < 1.29 is 9.90 Å². The van der Waals surface area contributed by atoms with Crippen LogP contribution in [0, 0.1) is 5.41 Å². The highest BCUT2D eigenvalue weighted by Crippen LogP contribution is 2.22. The number of rotatable bonds is 2. The Labute approximate surface area is 79.7 Å². The summed E-state index contributed by atoms with van der Waals surface area (Å²) >= 11 is 0. The second-order valence-corrected chi connectivity index (χ2v) is 5.32. The van der Waals surface area contributed by atoms with Gasteiger partial charge in [0.15, 0.2) is 5.78 Å². The van der Waals surface area contributed by atoms with Crippen molar-refractivity contribution in [2.45, 2.75) is 33.3 Å². The SMILES string of the molecule is CC1(O)CN(CC(=O)C(C)(C)C)C1. The molecule has 0 aliphatic carbocycles. The Kier molecular flexibility index (Phi) is 2.52.